The van der Waals surface area contributed by atoms with Gasteiger partial charge in [0.25, 0.3) is 0 Å². The van der Waals surface area contributed by atoms with Gasteiger partial charge in [0.2, 0.25) is 0 Å². The Kier molecular flexibility index (Phi) is 7.91. The zero-order valence-corrected chi connectivity index (χ0v) is 14.5. The van der Waals surface area contributed by atoms with Crippen LogP contribution in [0.15, 0.2) is 24.3 Å². The minimum absolute atomic E-state index is 0.722. The van der Waals surface area contributed by atoms with Crippen LogP contribution in [0, 0.1) is 0 Å². The third kappa shape index (κ3) is 5.71. The van der Waals surface area contributed by atoms with Crippen molar-refractivity contribution in [1.29, 1.82) is 0 Å². The van der Waals surface area contributed by atoms with Crippen molar-refractivity contribution in [2.24, 2.45) is 5.73 Å². The van der Waals surface area contributed by atoms with Crippen LogP contribution in [-0.2, 0) is 0 Å². The van der Waals surface area contributed by atoms with Crippen molar-refractivity contribution in [3.05, 3.63) is 24.3 Å². The first kappa shape index (κ1) is 17.4. The van der Waals surface area contributed by atoms with Crippen molar-refractivity contribution in [3.8, 4) is 5.75 Å². The summed E-state index contributed by atoms with van der Waals surface area (Å²) in [5.41, 5.74) is 6.84. The van der Waals surface area contributed by atoms with Crippen LogP contribution in [-0.4, -0.2) is 62.3 Å². The van der Waals surface area contributed by atoms with Gasteiger partial charge >= 0.3 is 0 Å². The van der Waals surface area contributed by atoms with E-state index in [0.29, 0.717) is 0 Å². The van der Waals surface area contributed by atoms with E-state index in [9.17, 15) is 0 Å². The maximum Gasteiger partial charge on any atom is 0.119 e. The van der Waals surface area contributed by atoms with Gasteiger partial charge in [0, 0.05) is 49.9 Å². The fourth-order valence-corrected chi connectivity index (χ4v) is 3.51. The number of hydrogen-bond acceptors (Lipinski definition) is 5. The number of benzene rings is 1. The first-order chi connectivity index (χ1) is 10.8. The standard InChI is InChI=1S/C17H29N3OS/c1-2-21-17-6-4-16(5-7-17)20-10-3-9-19(11-12-20)13-15-22-14-8-18/h4-7H,2-3,8-15,18H2,1H3. The SMILES string of the molecule is CCOc1ccc(N2CCCN(CCSCCN)CC2)cc1. The third-order valence-electron chi connectivity index (χ3n) is 3.92. The molecule has 0 bridgehead atoms. The third-order valence-corrected chi connectivity index (χ3v) is 4.91. The summed E-state index contributed by atoms with van der Waals surface area (Å²) >= 11 is 1.96. The lowest BCUT2D eigenvalue weighted by atomic mass is 10.2. The van der Waals surface area contributed by atoms with Gasteiger partial charge in [-0.3, -0.25) is 0 Å². The highest BCUT2D eigenvalue weighted by atomic mass is 32.2. The Morgan fingerprint density at radius 3 is 2.64 bits per heavy atom. The predicted molar refractivity (Wildman–Crippen MR) is 97.3 cm³/mol. The average molecular weight is 324 g/mol. The minimum Gasteiger partial charge on any atom is -0.494 e. The number of thioether (sulfide) groups is 1. The molecule has 1 aliphatic heterocycles. The number of rotatable bonds is 8. The van der Waals surface area contributed by atoms with E-state index in [1.807, 2.05) is 18.7 Å². The molecule has 124 valence electrons. The smallest absolute Gasteiger partial charge is 0.119 e. The van der Waals surface area contributed by atoms with Crippen molar-refractivity contribution in [2.75, 3.05) is 62.3 Å². The van der Waals surface area contributed by atoms with Crippen molar-refractivity contribution in [2.45, 2.75) is 13.3 Å². The Balaban J connectivity index is 1.79. The molecule has 2 rings (SSSR count). The van der Waals surface area contributed by atoms with Crippen LogP contribution < -0.4 is 15.4 Å². The molecule has 0 aliphatic carbocycles. The van der Waals surface area contributed by atoms with Crippen LogP contribution >= 0.6 is 11.8 Å². The molecule has 1 aliphatic rings. The summed E-state index contributed by atoms with van der Waals surface area (Å²) in [5.74, 6) is 3.23. The first-order valence-corrected chi connectivity index (χ1v) is 9.47. The maximum atomic E-state index is 5.53. The van der Waals surface area contributed by atoms with Gasteiger partial charge in [-0.2, -0.15) is 11.8 Å². The molecule has 0 unspecified atom stereocenters. The van der Waals surface area contributed by atoms with Gasteiger partial charge < -0.3 is 20.3 Å². The summed E-state index contributed by atoms with van der Waals surface area (Å²) in [6, 6.07) is 8.51. The molecule has 0 atom stereocenters. The van der Waals surface area contributed by atoms with Crippen molar-refractivity contribution < 1.29 is 4.74 Å². The molecule has 1 aromatic rings. The molecule has 0 spiro atoms. The molecule has 0 radical (unpaired) electrons. The average Bonchev–Trinajstić information content (AvgIpc) is 2.78. The Morgan fingerprint density at radius 1 is 1.09 bits per heavy atom. The normalized spacial score (nSPS) is 16.5. The molecule has 4 nitrogen and oxygen atoms in total. The van der Waals surface area contributed by atoms with E-state index in [4.69, 9.17) is 10.5 Å². The Bertz CT molecular complexity index is 413. The zero-order valence-electron chi connectivity index (χ0n) is 13.7. The highest BCUT2D eigenvalue weighted by Crippen LogP contribution is 2.21. The zero-order chi connectivity index (χ0) is 15.6. The van der Waals surface area contributed by atoms with Gasteiger partial charge in [0.05, 0.1) is 6.61 Å². The van der Waals surface area contributed by atoms with Crippen LogP contribution in [0.4, 0.5) is 5.69 Å². The number of nitrogens with two attached hydrogens (primary N) is 1. The van der Waals surface area contributed by atoms with Crippen LogP contribution in [0.25, 0.3) is 0 Å². The molecule has 1 fully saturated rings. The number of ether oxygens (including phenoxy) is 1. The molecule has 0 amide bonds. The quantitative estimate of drug-likeness (QED) is 0.744. The van der Waals surface area contributed by atoms with E-state index in [1.54, 1.807) is 0 Å². The fourth-order valence-electron chi connectivity index (χ4n) is 2.75. The van der Waals surface area contributed by atoms with Crippen LogP contribution in [0.2, 0.25) is 0 Å². The Morgan fingerprint density at radius 2 is 1.91 bits per heavy atom. The lowest BCUT2D eigenvalue weighted by Crippen LogP contribution is -2.32. The summed E-state index contributed by atoms with van der Waals surface area (Å²) in [7, 11) is 0. The monoisotopic (exact) mass is 323 g/mol. The summed E-state index contributed by atoms with van der Waals surface area (Å²) in [5, 5.41) is 0. The van der Waals surface area contributed by atoms with Crippen molar-refractivity contribution >= 4 is 17.4 Å². The molecule has 1 heterocycles. The largest absolute Gasteiger partial charge is 0.494 e. The highest BCUT2D eigenvalue weighted by molar-refractivity contribution is 7.99. The molecule has 5 heteroatoms. The maximum absolute atomic E-state index is 5.53. The Hall–Kier alpha value is -0.910. The van der Waals surface area contributed by atoms with Crippen molar-refractivity contribution in [3.63, 3.8) is 0 Å². The minimum atomic E-state index is 0.722. The van der Waals surface area contributed by atoms with Gasteiger partial charge in [-0.25, -0.2) is 0 Å². The summed E-state index contributed by atoms with van der Waals surface area (Å²) in [4.78, 5) is 5.07. The lowest BCUT2D eigenvalue weighted by Gasteiger charge is -2.23. The second-order valence-electron chi connectivity index (χ2n) is 5.51. The number of nitrogens with zero attached hydrogens (tertiary/aromatic N) is 2. The van der Waals surface area contributed by atoms with Crippen LogP contribution in [0.3, 0.4) is 0 Å². The highest BCUT2D eigenvalue weighted by Gasteiger charge is 2.14. The lowest BCUT2D eigenvalue weighted by molar-refractivity contribution is 0.312. The van der Waals surface area contributed by atoms with Crippen molar-refractivity contribution in [1.82, 2.24) is 4.90 Å². The van der Waals surface area contributed by atoms with E-state index < -0.39 is 0 Å². The Labute approximate surface area is 139 Å². The van der Waals surface area contributed by atoms with Gasteiger partial charge in [0.1, 0.15) is 5.75 Å². The number of anilines is 1. The van der Waals surface area contributed by atoms with Gasteiger partial charge in [-0.1, -0.05) is 0 Å². The van der Waals surface area contributed by atoms with E-state index in [0.717, 1.165) is 44.3 Å². The van der Waals surface area contributed by atoms with Crippen LogP contribution in [0.1, 0.15) is 13.3 Å². The molecule has 1 saturated heterocycles. The van der Waals surface area contributed by atoms with Gasteiger partial charge in [-0.05, 0) is 44.2 Å². The molecular weight excluding hydrogens is 294 g/mol. The van der Waals surface area contributed by atoms with E-state index in [2.05, 4.69) is 34.1 Å². The van der Waals surface area contributed by atoms with E-state index in [-0.39, 0.29) is 0 Å². The van der Waals surface area contributed by atoms with Gasteiger partial charge in [0.15, 0.2) is 0 Å². The number of hydrogen-bond donors (Lipinski definition) is 1. The predicted octanol–water partition coefficient (Wildman–Crippen LogP) is 2.29. The van der Waals surface area contributed by atoms with Gasteiger partial charge in [-0.15, -0.1) is 0 Å². The van der Waals surface area contributed by atoms with E-state index in [1.165, 1.54) is 31.0 Å². The van der Waals surface area contributed by atoms with E-state index >= 15 is 0 Å². The second kappa shape index (κ2) is 9.98. The molecule has 1 aromatic carbocycles. The molecular formula is C17H29N3OS. The second-order valence-corrected chi connectivity index (χ2v) is 6.73. The molecule has 22 heavy (non-hydrogen) atoms. The van der Waals surface area contributed by atoms with Crippen LogP contribution in [0.5, 0.6) is 5.75 Å². The molecule has 2 N–H and O–H groups in total. The summed E-state index contributed by atoms with van der Waals surface area (Å²) in [6.45, 7) is 9.31. The summed E-state index contributed by atoms with van der Waals surface area (Å²) < 4.78 is 5.52. The molecule has 0 saturated carbocycles. The first-order valence-electron chi connectivity index (χ1n) is 8.31. The topological polar surface area (TPSA) is 41.7 Å². The molecule has 0 aromatic heterocycles. The fraction of sp³-hybridized carbons (Fsp3) is 0.647. The summed E-state index contributed by atoms with van der Waals surface area (Å²) in [6.07, 6.45) is 1.23.